The SMILES string of the molecule is CCC(F)(CC(=O)O)c1ccc([N+](=O)[O-])cc1. The van der Waals surface area contributed by atoms with Crippen molar-refractivity contribution in [1.82, 2.24) is 0 Å². The molecule has 1 aromatic carbocycles. The number of alkyl halides is 1. The number of nitrogens with zero attached hydrogens (tertiary/aromatic N) is 1. The number of nitro benzene ring substituents is 1. The number of non-ortho nitro benzene ring substituents is 1. The molecule has 1 unspecified atom stereocenters. The third-order valence-electron chi connectivity index (χ3n) is 2.59. The van der Waals surface area contributed by atoms with Crippen LogP contribution in [0.5, 0.6) is 0 Å². The number of carboxylic acids is 1. The zero-order chi connectivity index (χ0) is 13.1. The zero-order valence-electron chi connectivity index (χ0n) is 9.22. The summed E-state index contributed by atoms with van der Waals surface area (Å²) in [6.45, 7) is 1.53. The van der Waals surface area contributed by atoms with Crippen molar-refractivity contribution in [1.29, 1.82) is 0 Å². The smallest absolute Gasteiger partial charge is 0.306 e. The van der Waals surface area contributed by atoms with E-state index in [-0.39, 0.29) is 17.7 Å². The Balaban J connectivity index is 3.04. The van der Waals surface area contributed by atoms with E-state index < -0.39 is 23.0 Å². The Hall–Kier alpha value is -1.98. The molecule has 5 nitrogen and oxygen atoms in total. The average Bonchev–Trinajstić information content (AvgIpc) is 2.28. The molecule has 0 saturated heterocycles. The molecule has 0 heterocycles. The van der Waals surface area contributed by atoms with Gasteiger partial charge in [-0.3, -0.25) is 14.9 Å². The van der Waals surface area contributed by atoms with Gasteiger partial charge >= 0.3 is 5.97 Å². The number of aliphatic carboxylic acids is 1. The fourth-order valence-corrected chi connectivity index (χ4v) is 1.55. The molecule has 6 heteroatoms. The Morgan fingerprint density at radius 2 is 2.00 bits per heavy atom. The van der Waals surface area contributed by atoms with Gasteiger partial charge in [0.15, 0.2) is 0 Å². The minimum Gasteiger partial charge on any atom is -0.481 e. The predicted molar refractivity (Wildman–Crippen MR) is 58.4 cm³/mol. The molecule has 0 radical (unpaired) electrons. The van der Waals surface area contributed by atoms with E-state index >= 15 is 0 Å². The van der Waals surface area contributed by atoms with Gasteiger partial charge in [-0.15, -0.1) is 0 Å². The van der Waals surface area contributed by atoms with Gasteiger partial charge in [-0.05, 0) is 24.1 Å². The van der Waals surface area contributed by atoms with Crippen LogP contribution in [-0.2, 0) is 10.5 Å². The van der Waals surface area contributed by atoms with Crippen molar-refractivity contribution in [3.05, 3.63) is 39.9 Å². The van der Waals surface area contributed by atoms with Crippen LogP contribution >= 0.6 is 0 Å². The summed E-state index contributed by atoms with van der Waals surface area (Å²) in [6, 6.07) is 4.84. The molecule has 1 N–H and O–H groups in total. The minimum absolute atomic E-state index is 0.00287. The van der Waals surface area contributed by atoms with Gasteiger partial charge in [0, 0.05) is 12.1 Å². The summed E-state index contributed by atoms with van der Waals surface area (Å²) in [7, 11) is 0. The molecule has 92 valence electrons. The second kappa shape index (κ2) is 4.90. The highest BCUT2D eigenvalue weighted by molar-refractivity contribution is 5.68. The summed E-state index contributed by atoms with van der Waals surface area (Å²) in [5.74, 6) is -1.24. The van der Waals surface area contributed by atoms with Crippen molar-refractivity contribution in [2.24, 2.45) is 0 Å². The van der Waals surface area contributed by atoms with Crippen molar-refractivity contribution in [2.45, 2.75) is 25.4 Å². The Morgan fingerprint density at radius 3 is 2.35 bits per heavy atom. The Labute approximate surface area is 97.0 Å². The van der Waals surface area contributed by atoms with Gasteiger partial charge in [-0.1, -0.05) is 6.92 Å². The molecule has 0 aromatic heterocycles. The quantitative estimate of drug-likeness (QED) is 0.634. The number of benzene rings is 1. The number of rotatable bonds is 5. The molecule has 0 amide bonds. The van der Waals surface area contributed by atoms with Crippen LogP contribution in [0.25, 0.3) is 0 Å². The lowest BCUT2D eigenvalue weighted by molar-refractivity contribution is -0.384. The molecular weight excluding hydrogens is 229 g/mol. The van der Waals surface area contributed by atoms with E-state index in [1.807, 2.05) is 0 Å². The lowest BCUT2D eigenvalue weighted by Crippen LogP contribution is -2.23. The number of halogens is 1. The largest absolute Gasteiger partial charge is 0.481 e. The normalized spacial score (nSPS) is 14.0. The van der Waals surface area contributed by atoms with E-state index in [2.05, 4.69) is 0 Å². The Morgan fingerprint density at radius 1 is 1.47 bits per heavy atom. The molecule has 0 bridgehead atoms. The first-order chi connectivity index (χ1) is 7.89. The first kappa shape index (κ1) is 13.1. The lowest BCUT2D eigenvalue weighted by atomic mass is 9.90. The second-order valence-corrected chi connectivity index (χ2v) is 3.69. The zero-order valence-corrected chi connectivity index (χ0v) is 9.22. The molecule has 17 heavy (non-hydrogen) atoms. The molecule has 1 rings (SSSR count). The van der Waals surface area contributed by atoms with E-state index in [0.29, 0.717) is 0 Å². The molecular formula is C11H12FNO4. The first-order valence-corrected chi connectivity index (χ1v) is 5.04. The molecule has 1 aromatic rings. The molecule has 0 fully saturated rings. The van der Waals surface area contributed by atoms with E-state index in [1.54, 1.807) is 0 Å². The molecule has 0 aliphatic carbocycles. The van der Waals surface area contributed by atoms with Crippen molar-refractivity contribution in [3.63, 3.8) is 0 Å². The highest BCUT2D eigenvalue weighted by atomic mass is 19.1. The highest BCUT2D eigenvalue weighted by Gasteiger charge is 2.33. The molecule has 1 atom stereocenters. The molecule has 0 aliphatic heterocycles. The fourth-order valence-electron chi connectivity index (χ4n) is 1.55. The van der Waals surface area contributed by atoms with Gasteiger partial charge in [0.1, 0.15) is 5.67 Å². The second-order valence-electron chi connectivity index (χ2n) is 3.69. The average molecular weight is 241 g/mol. The number of carbonyl (C=O) groups is 1. The van der Waals surface area contributed by atoms with Crippen molar-refractivity contribution in [2.75, 3.05) is 0 Å². The first-order valence-electron chi connectivity index (χ1n) is 5.04. The summed E-state index contributed by atoms with van der Waals surface area (Å²) in [5, 5.41) is 19.1. The van der Waals surface area contributed by atoms with Crippen LogP contribution in [0.3, 0.4) is 0 Å². The van der Waals surface area contributed by atoms with Gasteiger partial charge in [0.25, 0.3) is 5.69 Å². The van der Waals surface area contributed by atoms with Gasteiger partial charge in [0.2, 0.25) is 0 Å². The monoisotopic (exact) mass is 241 g/mol. The maximum absolute atomic E-state index is 14.3. The fraction of sp³-hybridized carbons (Fsp3) is 0.364. The highest BCUT2D eigenvalue weighted by Crippen LogP contribution is 2.34. The molecule has 0 aliphatic rings. The Kier molecular flexibility index (Phi) is 3.77. The topological polar surface area (TPSA) is 80.4 Å². The van der Waals surface area contributed by atoms with Gasteiger partial charge < -0.3 is 5.11 Å². The van der Waals surface area contributed by atoms with Gasteiger partial charge in [0.05, 0.1) is 11.3 Å². The summed E-state index contributed by atoms with van der Waals surface area (Å²) < 4.78 is 14.3. The van der Waals surface area contributed by atoms with Crippen LogP contribution in [-0.4, -0.2) is 16.0 Å². The summed E-state index contributed by atoms with van der Waals surface area (Å²) in [5.41, 5.74) is -1.99. The third kappa shape index (κ3) is 2.99. The van der Waals surface area contributed by atoms with Crippen LogP contribution in [0.2, 0.25) is 0 Å². The summed E-state index contributed by atoms with van der Waals surface area (Å²) in [6.07, 6.45) is -0.654. The number of nitro groups is 1. The van der Waals surface area contributed by atoms with E-state index in [4.69, 9.17) is 5.11 Å². The maximum atomic E-state index is 14.3. The Bertz CT molecular complexity index is 432. The van der Waals surface area contributed by atoms with E-state index in [0.717, 1.165) is 0 Å². The van der Waals surface area contributed by atoms with Crippen molar-refractivity contribution in [3.8, 4) is 0 Å². The summed E-state index contributed by atoms with van der Waals surface area (Å²) in [4.78, 5) is 20.4. The van der Waals surface area contributed by atoms with Crippen LogP contribution < -0.4 is 0 Å². The van der Waals surface area contributed by atoms with Gasteiger partial charge in [-0.2, -0.15) is 0 Å². The van der Waals surface area contributed by atoms with Crippen LogP contribution in [0, 0.1) is 10.1 Å². The summed E-state index contributed by atoms with van der Waals surface area (Å²) >= 11 is 0. The standard InChI is InChI=1S/C11H12FNO4/c1-2-11(12,7-10(14)15)8-3-5-9(6-4-8)13(16)17/h3-6H,2,7H2,1H3,(H,14,15). The van der Waals surface area contributed by atoms with Crippen LogP contribution in [0.4, 0.5) is 10.1 Å². The van der Waals surface area contributed by atoms with Crippen molar-refractivity contribution >= 4 is 11.7 Å². The predicted octanol–water partition coefficient (Wildman–Crippen LogP) is 2.64. The molecule has 0 saturated carbocycles. The number of hydrogen-bond acceptors (Lipinski definition) is 3. The number of carboxylic acid groups (broad SMARTS) is 1. The third-order valence-corrected chi connectivity index (χ3v) is 2.59. The van der Waals surface area contributed by atoms with Crippen LogP contribution in [0.1, 0.15) is 25.3 Å². The minimum atomic E-state index is -1.99. The molecule has 0 spiro atoms. The maximum Gasteiger partial charge on any atom is 0.306 e. The van der Waals surface area contributed by atoms with Gasteiger partial charge in [-0.25, -0.2) is 4.39 Å². The van der Waals surface area contributed by atoms with E-state index in [1.165, 1.54) is 31.2 Å². The van der Waals surface area contributed by atoms with Crippen molar-refractivity contribution < 1.29 is 19.2 Å². The van der Waals surface area contributed by atoms with Crippen LogP contribution in [0.15, 0.2) is 24.3 Å². The van der Waals surface area contributed by atoms with E-state index in [9.17, 15) is 19.3 Å². The lowest BCUT2D eigenvalue weighted by Gasteiger charge is -2.22. The number of hydrogen-bond donors (Lipinski definition) is 1.